The van der Waals surface area contributed by atoms with Gasteiger partial charge in [-0.25, -0.2) is 24.2 Å². The van der Waals surface area contributed by atoms with Gasteiger partial charge in [-0.1, -0.05) is 6.92 Å². The summed E-state index contributed by atoms with van der Waals surface area (Å²) in [6.45, 7) is 3.94. The first-order valence-electron chi connectivity index (χ1n) is 6.33. The number of nitrogen functional groups attached to an aromatic ring is 1. The summed E-state index contributed by atoms with van der Waals surface area (Å²) in [5.41, 5.74) is 2.27. The third-order valence-corrected chi connectivity index (χ3v) is 5.54. The number of nitrogens with one attached hydrogen (secondary N) is 1. The highest BCUT2D eigenvalue weighted by Gasteiger charge is 2.39. The fourth-order valence-corrected chi connectivity index (χ4v) is 4.35. The molecule has 2 atom stereocenters. The fraction of sp³-hybridized carbons (Fsp3) is 0.636. The first-order valence-corrected chi connectivity index (χ1v) is 7.77. The van der Waals surface area contributed by atoms with Gasteiger partial charge in [0.2, 0.25) is 16.0 Å². The largest absolute Gasteiger partial charge is 0.292 e. The summed E-state index contributed by atoms with van der Waals surface area (Å²) >= 11 is 0. The Labute approximate surface area is 113 Å². The van der Waals surface area contributed by atoms with Crippen LogP contribution in [-0.4, -0.2) is 34.8 Å². The third kappa shape index (κ3) is 2.56. The van der Waals surface area contributed by atoms with Crippen molar-refractivity contribution in [3.05, 3.63) is 12.4 Å². The molecule has 0 saturated carbocycles. The molecule has 1 aliphatic rings. The van der Waals surface area contributed by atoms with Crippen LogP contribution in [0, 0.1) is 0 Å². The zero-order valence-corrected chi connectivity index (χ0v) is 11.9. The minimum absolute atomic E-state index is 0.0160. The Kier molecular flexibility index (Phi) is 4.02. The number of sulfonamides is 1. The van der Waals surface area contributed by atoms with Crippen LogP contribution in [0.3, 0.4) is 0 Å². The second kappa shape index (κ2) is 5.40. The summed E-state index contributed by atoms with van der Waals surface area (Å²) in [5, 5.41) is 0. The molecule has 1 aromatic heterocycles. The Hall–Kier alpha value is -1.25. The molecule has 1 aliphatic heterocycles. The lowest BCUT2D eigenvalue weighted by atomic mass is 10.2. The van der Waals surface area contributed by atoms with Crippen molar-refractivity contribution in [1.82, 2.24) is 14.3 Å². The Balaban J connectivity index is 2.35. The number of hydrazine groups is 1. The Morgan fingerprint density at radius 2 is 2.05 bits per heavy atom. The average molecular weight is 285 g/mol. The van der Waals surface area contributed by atoms with Crippen LogP contribution in [0.2, 0.25) is 0 Å². The van der Waals surface area contributed by atoms with Gasteiger partial charge in [-0.3, -0.25) is 5.43 Å². The van der Waals surface area contributed by atoms with Crippen LogP contribution in [0.4, 0.5) is 5.95 Å². The zero-order valence-electron chi connectivity index (χ0n) is 11.1. The van der Waals surface area contributed by atoms with Crippen molar-refractivity contribution in [3.63, 3.8) is 0 Å². The first-order chi connectivity index (χ1) is 9.00. The molecule has 2 heterocycles. The molecule has 1 aromatic rings. The zero-order chi connectivity index (χ0) is 14.0. The fourth-order valence-electron chi connectivity index (χ4n) is 2.51. The van der Waals surface area contributed by atoms with Gasteiger partial charge >= 0.3 is 0 Å². The summed E-state index contributed by atoms with van der Waals surface area (Å²) in [6.07, 6.45) is 5.18. The number of anilines is 1. The van der Waals surface area contributed by atoms with E-state index in [1.807, 2.05) is 13.8 Å². The van der Waals surface area contributed by atoms with E-state index in [4.69, 9.17) is 5.84 Å². The molecule has 3 N–H and O–H groups in total. The van der Waals surface area contributed by atoms with E-state index in [0.29, 0.717) is 0 Å². The quantitative estimate of drug-likeness (QED) is 0.624. The van der Waals surface area contributed by atoms with Crippen molar-refractivity contribution in [2.45, 2.75) is 50.1 Å². The van der Waals surface area contributed by atoms with Gasteiger partial charge in [0.1, 0.15) is 4.90 Å². The molecule has 0 aliphatic carbocycles. The standard InChI is InChI=1S/C11H19N5O2S/c1-3-9-5-4-8(2)16(9)19(17,18)10-6-13-11(15-12)14-7-10/h6-9H,3-5,12H2,1-2H3,(H,13,14,15). The summed E-state index contributed by atoms with van der Waals surface area (Å²) in [6, 6.07) is 0.0783. The predicted octanol–water partition coefficient (Wildman–Crippen LogP) is 0.714. The molecule has 0 spiro atoms. The Morgan fingerprint density at radius 1 is 1.42 bits per heavy atom. The molecule has 1 fully saturated rings. The van der Waals surface area contributed by atoms with Gasteiger partial charge in [0.05, 0.1) is 12.4 Å². The summed E-state index contributed by atoms with van der Waals surface area (Å²) in [5.74, 6) is 5.36. The molecular formula is C11H19N5O2S. The molecule has 106 valence electrons. The van der Waals surface area contributed by atoms with Crippen molar-refractivity contribution in [2.24, 2.45) is 5.84 Å². The Bertz CT molecular complexity index is 531. The number of nitrogens with two attached hydrogens (primary N) is 1. The highest BCUT2D eigenvalue weighted by Crippen LogP contribution is 2.31. The van der Waals surface area contributed by atoms with Crippen molar-refractivity contribution in [3.8, 4) is 0 Å². The second-order valence-electron chi connectivity index (χ2n) is 4.71. The molecule has 1 saturated heterocycles. The molecule has 0 bridgehead atoms. The number of rotatable bonds is 4. The van der Waals surface area contributed by atoms with Gasteiger partial charge < -0.3 is 0 Å². The van der Waals surface area contributed by atoms with Crippen molar-refractivity contribution in [2.75, 3.05) is 5.43 Å². The number of hydrogen-bond donors (Lipinski definition) is 2. The van der Waals surface area contributed by atoms with Crippen LogP contribution in [0.5, 0.6) is 0 Å². The minimum Gasteiger partial charge on any atom is -0.292 e. The van der Waals surface area contributed by atoms with Gasteiger partial charge in [-0.2, -0.15) is 4.31 Å². The second-order valence-corrected chi connectivity index (χ2v) is 6.55. The highest BCUT2D eigenvalue weighted by molar-refractivity contribution is 7.89. The molecule has 8 heteroatoms. The van der Waals surface area contributed by atoms with Crippen molar-refractivity contribution < 1.29 is 8.42 Å². The average Bonchev–Trinajstić information content (AvgIpc) is 2.80. The van der Waals surface area contributed by atoms with E-state index in [2.05, 4.69) is 15.4 Å². The maximum Gasteiger partial charge on any atom is 0.246 e. The molecule has 2 rings (SSSR count). The third-order valence-electron chi connectivity index (χ3n) is 3.52. The molecule has 0 aromatic carbocycles. The van der Waals surface area contributed by atoms with Gasteiger partial charge in [0.25, 0.3) is 0 Å². The summed E-state index contributed by atoms with van der Waals surface area (Å²) < 4.78 is 26.8. The topological polar surface area (TPSA) is 101 Å². The van der Waals surface area contributed by atoms with Crippen LogP contribution in [0.1, 0.15) is 33.1 Å². The lowest BCUT2D eigenvalue weighted by molar-refractivity contribution is 0.328. The van der Waals surface area contributed by atoms with Crippen LogP contribution in [0.25, 0.3) is 0 Å². The normalized spacial score (nSPS) is 24.6. The van der Waals surface area contributed by atoms with Crippen LogP contribution in [-0.2, 0) is 10.0 Å². The Morgan fingerprint density at radius 3 is 2.58 bits per heavy atom. The first kappa shape index (κ1) is 14.2. The molecular weight excluding hydrogens is 266 g/mol. The molecule has 7 nitrogen and oxygen atoms in total. The lowest BCUT2D eigenvalue weighted by Gasteiger charge is -2.26. The highest BCUT2D eigenvalue weighted by atomic mass is 32.2. The summed E-state index contributed by atoms with van der Waals surface area (Å²) in [4.78, 5) is 7.83. The van der Waals surface area contributed by atoms with Crippen molar-refractivity contribution >= 4 is 16.0 Å². The number of hydrogen-bond acceptors (Lipinski definition) is 6. The van der Waals surface area contributed by atoms with Crippen LogP contribution >= 0.6 is 0 Å². The molecule has 19 heavy (non-hydrogen) atoms. The van der Waals surface area contributed by atoms with E-state index in [1.165, 1.54) is 12.4 Å². The van der Waals surface area contributed by atoms with E-state index >= 15 is 0 Å². The predicted molar refractivity (Wildman–Crippen MR) is 71.6 cm³/mol. The van der Waals surface area contributed by atoms with E-state index in [-0.39, 0.29) is 22.9 Å². The molecule has 0 radical (unpaired) electrons. The van der Waals surface area contributed by atoms with Gasteiger partial charge in [-0.15, -0.1) is 0 Å². The maximum absolute atomic E-state index is 12.6. The van der Waals surface area contributed by atoms with Gasteiger partial charge in [0, 0.05) is 12.1 Å². The maximum atomic E-state index is 12.6. The van der Waals surface area contributed by atoms with Crippen LogP contribution < -0.4 is 11.3 Å². The van der Waals surface area contributed by atoms with E-state index < -0.39 is 10.0 Å². The SMILES string of the molecule is CCC1CCC(C)N1S(=O)(=O)c1cnc(NN)nc1. The molecule has 0 amide bonds. The minimum atomic E-state index is -3.53. The van der Waals surface area contributed by atoms with Crippen LogP contribution in [0.15, 0.2) is 17.3 Å². The van der Waals surface area contributed by atoms with E-state index in [0.717, 1.165) is 19.3 Å². The van der Waals surface area contributed by atoms with Gasteiger partial charge in [-0.05, 0) is 26.2 Å². The summed E-state index contributed by atoms with van der Waals surface area (Å²) in [7, 11) is -3.53. The number of nitrogens with zero attached hydrogens (tertiary/aromatic N) is 3. The van der Waals surface area contributed by atoms with E-state index in [1.54, 1.807) is 4.31 Å². The smallest absolute Gasteiger partial charge is 0.246 e. The van der Waals surface area contributed by atoms with Gasteiger partial charge in [0.15, 0.2) is 0 Å². The lowest BCUT2D eigenvalue weighted by Crippen LogP contribution is -2.39. The van der Waals surface area contributed by atoms with Crippen molar-refractivity contribution in [1.29, 1.82) is 0 Å². The monoisotopic (exact) mass is 285 g/mol. The van der Waals surface area contributed by atoms with E-state index in [9.17, 15) is 8.42 Å². The molecule has 2 unspecified atom stereocenters. The number of aromatic nitrogens is 2.